The van der Waals surface area contributed by atoms with Crippen LogP contribution in [0.3, 0.4) is 0 Å². The van der Waals surface area contributed by atoms with Crippen LogP contribution in [0.4, 0.5) is 0 Å². The maximum Gasteiger partial charge on any atom is 0.155 e. The summed E-state index contributed by atoms with van der Waals surface area (Å²) >= 11 is 0. The van der Waals surface area contributed by atoms with Crippen LogP contribution in [0.15, 0.2) is 0 Å². The fourth-order valence-electron chi connectivity index (χ4n) is 1.78. The second-order valence-corrected chi connectivity index (χ2v) is 4.97. The fourth-order valence-corrected chi connectivity index (χ4v) is 1.78. The first-order chi connectivity index (χ1) is 6.02. The van der Waals surface area contributed by atoms with E-state index in [-0.39, 0.29) is 11.5 Å². The van der Waals surface area contributed by atoms with Crippen molar-refractivity contribution in [1.82, 2.24) is 5.32 Å². The quantitative estimate of drug-likeness (QED) is 0.674. The highest BCUT2D eigenvalue weighted by atomic mass is 16.1. The molecule has 1 saturated heterocycles. The second kappa shape index (κ2) is 4.23. The topological polar surface area (TPSA) is 29.1 Å². The third-order valence-electron chi connectivity index (χ3n) is 2.62. The molecule has 0 aliphatic carbocycles. The molecular formula is C11H21NO. The number of carbonyl (C=O) groups is 1. The zero-order chi connectivity index (χ0) is 9.90. The summed E-state index contributed by atoms with van der Waals surface area (Å²) in [4.78, 5) is 11.9. The van der Waals surface area contributed by atoms with Gasteiger partial charge in [0, 0.05) is 5.41 Å². The molecule has 1 heterocycles. The molecule has 1 rings (SSSR count). The third-order valence-corrected chi connectivity index (χ3v) is 2.62. The lowest BCUT2D eigenvalue weighted by Crippen LogP contribution is -2.42. The number of ketones is 1. The van der Waals surface area contributed by atoms with Crippen LogP contribution < -0.4 is 5.32 Å². The van der Waals surface area contributed by atoms with E-state index in [9.17, 15) is 4.79 Å². The molecule has 0 amide bonds. The minimum Gasteiger partial charge on any atom is -0.307 e. The van der Waals surface area contributed by atoms with Gasteiger partial charge in [0.05, 0.1) is 6.04 Å². The number of Topliss-reactive ketones (excluding diaryl/α,β-unsaturated/α-hetero) is 1. The molecule has 2 heteroatoms. The zero-order valence-corrected chi connectivity index (χ0v) is 9.02. The van der Waals surface area contributed by atoms with Gasteiger partial charge in [0.25, 0.3) is 0 Å². The number of carbonyl (C=O) groups excluding carboxylic acids is 1. The van der Waals surface area contributed by atoms with Crippen molar-refractivity contribution in [2.24, 2.45) is 5.41 Å². The third kappa shape index (κ3) is 3.11. The standard InChI is InChI=1S/C11H21NO/c1-11(2,3)10(13)9-7-5-4-6-8-12-9/h9,12H,4-8H2,1-3H3. The molecule has 0 aromatic heterocycles. The van der Waals surface area contributed by atoms with Crippen LogP contribution in [-0.2, 0) is 4.79 Å². The van der Waals surface area contributed by atoms with Crippen LogP contribution in [0.25, 0.3) is 0 Å². The van der Waals surface area contributed by atoms with Crippen molar-refractivity contribution in [3.05, 3.63) is 0 Å². The van der Waals surface area contributed by atoms with Crippen molar-refractivity contribution in [3.63, 3.8) is 0 Å². The van der Waals surface area contributed by atoms with Crippen molar-refractivity contribution in [2.75, 3.05) is 6.54 Å². The Labute approximate surface area is 81.1 Å². The van der Waals surface area contributed by atoms with Crippen LogP contribution in [-0.4, -0.2) is 18.4 Å². The van der Waals surface area contributed by atoms with E-state index < -0.39 is 0 Å². The highest BCUT2D eigenvalue weighted by Gasteiger charge is 2.29. The normalized spacial score (nSPS) is 25.3. The van der Waals surface area contributed by atoms with Crippen LogP contribution in [0, 0.1) is 5.41 Å². The molecule has 2 nitrogen and oxygen atoms in total. The lowest BCUT2D eigenvalue weighted by Gasteiger charge is -2.24. The molecule has 0 aromatic carbocycles. The first-order valence-electron chi connectivity index (χ1n) is 5.29. The minimum absolute atomic E-state index is 0.113. The average Bonchev–Trinajstić information content (AvgIpc) is 2.28. The average molecular weight is 183 g/mol. The molecule has 1 aliphatic rings. The maximum absolute atomic E-state index is 11.9. The predicted molar refractivity (Wildman–Crippen MR) is 54.7 cm³/mol. The molecule has 0 aromatic rings. The van der Waals surface area contributed by atoms with Gasteiger partial charge in [-0.2, -0.15) is 0 Å². The Balaban J connectivity index is 2.54. The highest BCUT2D eigenvalue weighted by molar-refractivity contribution is 5.88. The molecule has 76 valence electrons. The zero-order valence-electron chi connectivity index (χ0n) is 9.02. The Bertz CT molecular complexity index is 173. The van der Waals surface area contributed by atoms with E-state index in [2.05, 4.69) is 5.32 Å². The Hall–Kier alpha value is -0.370. The molecule has 1 fully saturated rings. The Morgan fingerprint density at radius 3 is 2.54 bits per heavy atom. The lowest BCUT2D eigenvalue weighted by molar-refractivity contribution is -0.128. The van der Waals surface area contributed by atoms with E-state index in [0.717, 1.165) is 13.0 Å². The minimum atomic E-state index is -0.192. The molecule has 0 spiro atoms. The molecule has 1 N–H and O–H groups in total. The van der Waals surface area contributed by atoms with E-state index >= 15 is 0 Å². The van der Waals surface area contributed by atoms with Crippen LogP contribution in [0.5, 0.6) is 0 Å². The molecule has 0 radical (unpaired) electrons. The van der Waals surface area contributed by atoms with Crippen LogP contribution in [0.1, 0.15) is 46.5 Å². The predicted octanol–water partition coefficient (Wildman–Crippen LogP) is 2.13. The molecule has 0 saturated carbocycles. The Morgan fingerprint density at radius 2 is 1.92 bits per heavy atom. The Morgan fingerprint density at radius 1 is 1.23 bits per heavy atom. The van der Waals surface area contributed by atoms with Gasteiger partial charge < -0.3 is 5.32 Å². The molecule has 1 atom stereocenters. The summed E-state index contributed by atoms with van der Waals surface area (Å²) in [6.45, 7) is 7.01. The van der Waals surface area contributed by atoms with Gasteiger partial charge in [0.1, 0.15) is 0 Å². The van der Waals surface area contributed by atoms with Crippen molar-refractivity contribution in [1.29, 1.82) is 0 Å². The van der Waals surface area contributed by atoms with Gasteiger partial charge in [-0.15, -0.1) is 0 Å². The summed E-state index contributed by atoms with van der Waals surface area (Å²) in [5.74, 6) is 0.370. The first-order valence-corrected chi connectivity index (χ1v) is 5.29. The number of nitrogens with one attached hydrogen (secondary N) is 1. The van der Waals surface area contributed by atoms with Gasteiger partial charge in [-0.05, 0) is 19.4 Å². The van der Waals surface area contributed by atoms with Crippen molar-refractivity contribution in [3.8, 4) is 0 Å². The number of rotatable bonds is 1. The van der Waals surface area contributed by atoms with E-state index in [4.69, 9.17) is 0 Å². The van der Waals surface area contributed by atoms with Crippen molar-refractivity contribution < 1.29 is 4.79 Å². The molecular weight excluding hydrogens is 162 g/mol. The summed E-state index contributed by atoms with van der Waals surface area (Å²) in [7, 11) is 0. The summed E-state index contributed by atoms with van der Waals surface area (Å²) in [5.41, 5.74) is -0.192. The van der Waals surface area contributed by atoms with Gasteiger partial charge in [-0.3, -0.25) is 4.79 Å². The van der Waals surface area contributed by atoms with E-state index in [1.807, 2.05) is 20.8 Å². The number of hydrogen-bond acceptors (Lipinski definition) is 2. The molecule has 1 aliphatic heterocycles. The van der Waals surface area contributed by atoms with E-state index in [1.54, 1.807) is 0 Å². The van der Waals surface area contributed by atoms with Gasteiger partial charge in [-0.1, -0.05) is 33.6 Å². The Kier molecular flexibility index (Phi) is 3.48. The second-order valence-electron chi connectivity index (χ2n) is 4.97. The van der Waals surface area contributed by atoms with Crippen molar-refractivity contribution >= 4 is 5.78 Å². The summed E-state index contributed by atoms with van der Waals surface area (Å²) < 4.78 is 0. The highest BCUT2D eigenvalue weighted by Crippen LogP contribution is 2.20. The summed E-state index contributed by atoms with van der Waals surface area (Å²) in [6.07, 6.45) is 4.70. The summed E-state index contributed by atoms with van der Waals surface area (Å²) in [5, 5.41) is 3.34. The van der Waals surface area contributed by atoms with Crippen molar-refractivity contribution in [2.45, 2.75) is 52.5 Å². The molecule has 0 bridgehead atoms. The largest absolute Gasteiger partial charge is 0.307 e. The maximum atomic E-state index is 11.9. The van der Waals surface area contributed by atoms with Gasteiger partial charge in [0.15, 0.2) is 5.78 Å². The first kappa shape index (κ1) is 10.7. The smallest absolute Gasteiger partial charge is 0.155 e. The van der Waals surface area contributed by atoms with Crippen LogP contribution >= 0.6 is 0 Å². The van der Waals surface area contributed by atoms with E-state index in [0.29, 0.717) is 5.78 Å². The molecule has 13 heavy (non-hydrogen) atoms. The van der Waals surface area contributed by atoms with Gasteiger partial charge in [0.2, 0.25) is 0 Å². The fraction of sp³-hybridized carbons (Fsp3) is 0.909. The monoisotopic (exact) mass is 183 g/mol. The SMILES string of the molecule is CC(C)(C)C(=O)C1CCCCCN1. The van der Waals surface area contributed by atoms with Crippen LogP contribution in [0.2, 0.25) is 0 Å². The number of hydrogen-bond donors (Lipinski definition) is 1. The molecule has 1 unspecified atom stereocenters. The summed E-state index contributed by atoms with van der Waals surface area (Å²) in [6, 6.07) is 0.113. The lowest BCUT2D eigenvalue weighted by atomic mass is 9.85. The van der Waals surface area contributed by atoms with E-state index in [1.165, 1.54) is 19.3 Å². The van der Waals surface area contributed by atoms with Gasteiger partial charge >= 0.3 is 0 Å². The van der Waals surface area contributed by atoms with Gasteiger partial charge in [-0.25, -0.2) is 0 Å².